The van der Waals surface area contributed by atoms with Crippen LogP contribution in [0, 0.1) is 0 Å². The highest BCUT2D eigenvalue weighted by atomic mass is 16.5. The number of esters is 1. The van der Waals surface area contributed by atoms with Crippen molar-refractivity contribution in [1.82, 2.24) is 5.16 Å². The molecule has 3 rings (SSSR count). The van der Waals surface area contributed by atoms with Crippen LogP contribution in [0.5, 0.6) is 11.5 Å². The van der Waals surface area contributed by atoms with Crippen molar-refractivity contribution in [3.63, 3.8) is 0 Å². The summed E-state index contributed by atoms with van der Waals surface area (Å²) in [5.41, 5.74) is 1.30. The molecule has 7 heteroatoms. The van der Waals surface area contributed by atoms with Crippen molar-refractivity contribution in [2.45, 2.75) is 26.9 Å². The molecule has 3 aromatic rings. The number of rotatable bonds is 10. The molecule has 0 saturated carbocycles. The average Bonchev–Trinajstić information content (AvgIpc) is 3.42. The maximum Gasteiger partial charge on any atom is 0.331 e. The predicted octanol–water partition coefficient (Wildman–Crippen LogP) is 4.88. The first-order valence-corrected chi connectivity index (χ1v) is 9.43. The lowest BCUT2D eigenvalue weighted by molar-refractivity contribution is -0.139. The first kappa shape index (κ1) is 20.3. The Labute approximate surface area is 168 Å². The number of nitrogens with zero attached hydrogens (tertiary/aromatic N) is 1. The van der Waals surface area contributed by atoms with Gasteiger partial charge in [0.15, 0.2) is 17.3 Å². The minimum atomic E-state index is -0.489. The fraction of sp³-hybridized carbons (Fsp3) is 0.273. The molecule has 0 N–H and O–H groups in total. The van der Waals surface area contributed by atoms with Crippen LogP contribution in [-0.4, -0.2) is 24.3 Å². The molecular weight excluding hydrogens is 374 g/mol. The van der Waals surface area contributed by atoms with E-state index in [1.165, 1.54) is 6.08 Å². The third-order valence-corrected chi connectivity index (χ3v) is 3.83. The number of hydrogen-bond acceptors (Lipinski definition) is 7. The van der Waals surface area contributed by atoms with E-state index in [9.17, 15) is 4.79 Å². The van der Waals surface area contributed by atoms with Crippen molar-refractivity contribution in [1.29, 1.82) is 0 Å². The number of ether oxygens (including phenoxy) is 3. The van der Waals surface area contributed by atoms with Crippen molar-refractivity contribution in [2.75, 3.05) is 13.2 Å². The van der Waals surface area contributed by atoms with Crippen LogP contribution in [-0.2, 0) is 16.1 Å². The Hall–Kier alpha value is -3.48. The summed E-state index contributed by atoms with van der Waals surface area (Å²) in [7, 11) is 0. The third kappa shape index (κ3) is 5.75. The van der Waals surface area contributed by atoms with Crippen molar-refractivity contribution in [2.24, 2.45) is 0 Å². The van der Waals surface area contributed by atoms with Gasteiger partial charge in [-0.3, -0.25) is 0 Å². The standard InChI is InChI=1S/C22H23NO6/c1-3-11-26-19-9-7-16(13-20(19)25-4-2)8-10-22(24)28-15-17-14-21(29-23-17)18-6-5-12-27-18/h5-10,12-14H,3-4,11,15H2,1-2H3/b10-8+. The lowest BCUT2D eigenvalue weighted by Gasteiger charge is -2.12. The molecule has 0 aliphatic heterocycles. The molecule has 0 aliphatic carbocycles. The average molecular weight is 397 g/mol. The molecular formula is C22H23NO6. The van der Waals surface area contributed by atoms with E-state index < -0.39 is 5.97 Å². The van der Waals surface area contributed by atoms with Crippen LogP contribution >= 0.6 is 0 Å². The maximum absolute atomic E-state index is 12.0. The Kier molecular flexibility index (Phi) is 7.10. The van der Waals surface area contributed by atoms with Crippen LogP contribution in [0.25, 0.3) is 17.6 Å². The van der Waals surface area contributed by atoms with Gasteiger partial charge in [0.25, 0.3) is 0 Å². The van der Waals surface area contributed by atoms with Crippen LogP contribution in [0.3, 0.4) is 0 Å². The summed E-state index contributed by atoms with van der Waals surface area (Å²) in [6, 6.07) is 10.7. The summed E-state index contributed by atoms with van der Waals surface area (Å²) < 4.78 is 26.9. The lowest BCUT2D eigenvalue weighted by Crippen LogP contribution is -2.01. The maximum atomic E-state index is 12.0. The largest absolute Gasteiger partial charge is 0.490 e. The molecule has 0 amide bonds. The van der Waals surface area contributed by atoms with Gasteiger partial charge in [0, 0.05) is 12.1 Å². The highest BCUT2D eigenvalue weighted by molar-refractivity contribution is 5.87. The number of carbonyl (C=O) groups excluding carboxylic acids is 1. The molecule has 0 saturated heterocycles. The van der Waals surface area contributed by atoms with Crippen molar-refractivity contribution in [3.8, 4) is 23.0 Å². The first-order chi connectivity index (χ1) is 14.2. The SMILES string of the molecule is CCCOc1ccc(/C=C/C(=O)OCc2cc(-c3ccco3)on2)cc1OCC. The Bertz CT molecular complexity index is 942. The zero-order valence-corrected chi connectivity index (χ0v) is 16.4. The van der Waals surface area contributed by atoms with Crippen LogP contribution < -0.4 is 9.47 Å². The van der Waals surface area contributed by atoms with E-state index in [0.717, 1.165) is 12.0 Å². The molecule has 29 heavy (non-hydrogen) atoms. The van der Waals surface area contributed by atoms with Crippen LogP contribution in [0.4, 0.5) is 0 Å². The smallest absolute Gasteiger partial charge is 0.331 e. The number of benzene rings is 1. The minimum absolute atomic E-state index is 0.00136. The summed E-state index contributed by atoms with van der Waals surface area (Å²) >= 11 is 0. The van der Waals surface area contributed by atoms with Crippen LogP contribution in [0.2, 0.25) is 0 Å². The number of hydrogen-bond donors (Lipinski definition) is 0. The Morgan fingerprint density at radius 3 is 2.76 bits per heavy atom. The number of furan rings is 1. The first-order valence-electron chi connectivity index (χ1n) is 9.43. The van der Waals surface area contributed by atoms with Gasteiger partial charge in [0.05, 0.1) is 19.5 Å². The van der Waals surface area contributed by atoms with Crippen molar-refractivity contribution < 1.29 is 27.9 Å². The molecule has 0 fully saturated rings. The molecule has 2 aromatic heterocycles. The molecule has 0 unspecified atom stereocenters. The predicted molar refractivity (Wildman–Crippen MR) is 106 cm³/mol. The summed E-state index contributed by atoms with van der Waals surface area (Å²) in [5.74, 6) is 1.88. The minimum Gasteiger partial charge on any atom is -0.490 e. The second-order valence-electron chi connectivity index (χ2n) is 6.09. The van der Waals surface area contributed by atoms with Crippen molar-refractivity contribution in [3.05, 3.63) is 60.0 Å². The normalized spacial score (nSPS) is 11.0. The Balaban J connectivity index is 1.56. The van der Waals surface area contributed by atoms with E-state index in [4.69, 9.17) is 23.2 Å². The van der Waals surface area contributed by atoms with Gasteiger partial charge in [-0.1, -0.05) is 18.1 Å². The summed E-state index contributed by atoms with van der Waals surface area (Å²) in [6.45, 7) is 5.09. The highest BCUT2D eigenvalue weighted by Gasteiger charge is 2.10. The fourth-order valence-corrected chi connectivity index (χ4v) is 2.50. The van der Waals surface area contributed by atoms with E-state index in [1.54, 1.807) is 30.5 Å². The second kappa shape index (κ2) is 10.2. The van der Waals surface area contributed by atoms with E-state index >= 15 is 0 Å². The number of aromatic nitrogens is 1. The van der Waals surface area contributed by atoms with Crippen molar-refractivity contribution >= 4 is 12.0 Å². The topological polar surface area (TPSA) is 83.9 Å². The third-order valence-electron chi connectivity index (χ3n) is 3.83. The zero-order chi connectivity index (χ0) is 20.5. The molecule has 0 atom stereocenters. The molecule has 152 valence electrons. The number of carbonyl (C=O) groups is 1. The second-order valence-corrected chi connectivity index (χ2v) is 6.09. The molecule has 0 aliphatic rings. The molecule has 1 aromatic carbocycles. The summed E-state index contributed by atoms with van der Waals surface area (Å²) in [4.78, 5) is 12.0. The Morgan fingerprint density at radius 1 is 1.10 bits per heavy atom. The molecule has 0 bridgehead atoms. The molecule has 0 radical (unpaired) electrons. The quantitative estimate of drug-likeness (QED) is 0.356. The van der Waals surface area contributed by atoms with E-state index in [0.29, 0.717) is 41.9 Å². The van der Waals surface area contributed by atoms with E-state index in [2.05, 4.69) is 5.16 Å². The molecule has 2 heterocycles. The van der Waals surface area contributed by atoms with Gasteiger partial charge < -0.3 is 23.2 Å². The highest BCUT2D eigenvalue weighted by Crippen LogP contribution is 2.29. The van der Waals surface area contributed by atoms with Crippen LogP contribution in [0.15, 0.2) is 57.7 Å². The van der Waals surface area contributed by atoms with E-state index in [-0.39, 0.29) is 6.61 Å². The molecule has 0 spiro atoms. The zero-order valence-electron chi connectivity index (χ0n) is 16.4. The van der Waals surface area contributed by atoms with Gasteiger partial charge in [-0.2, -0.15) is 0 Å². The van der Waals surface area contributed by atoms with Crippen LogP contribution in [0.1, 0.15) is 31.5 Å². The monoisotopic (exact) mass is 397 g/mol. The Morgan fingerprint density at radius 2 is 2.00 bits per heavy atom. The van der Waals surface area contributed by atoms with Gasteiger partial charge in [-0.05, 0) is 49.2 Å². The van der Waals surface area contributed by atoms with Gasteiger partial charge in [-0.25, -0.2) is 4.79 Å². The fourth-order valence-electron chi connectivity index (χ4n) is 2.50. The lowest BCUT2D eigenvalue weighted by atomic mass is 10.2. The summed E-state index contributed by atoms with van der Waals surface area (Å²) in [5, 5.41) is 3.86. The van der Waals surface area contributed by atoms with Gasteiger partial charge in [0.1, 0.15) is 12.3 Å². The van der Waals surface area contributed by atoms with Gasteiger partial charge >= 0.3 is 5.97 Å². The molecule has 7 nitrogen and oxygen atoms in total. The van der Waals surface area contributed by atoms with Gasteiger partial charge in [-0.15, -0.1) is 0 Å². The van der Waals surface area contributed by atoms with Gasteiger partial charge in [0.2, 0.25) is 5.76 Å². The van der Waals surface area contributed by atoms with E-state index in [1.807, 2.05) is 32.0 Å². The summed E-state index contributed by atoms with van der Waals surface area (Å²) in [6.07, 6.45) is 5.46.